The first-order valence-corrected chi connectivity index (χ1v) is 5.91. The third kappa shape index (κ3) is 2.47. The zero-order valence-electron chi connectivity index (χ0n) is 9.50. The minimum atomic E-state index is 0.716. The predicted molar refractivity (Wildman–Crippen MR) is 59.6 cm³/mol. The molecule has 0 aromatic heterocycles. The highest BCUT2D eigenvalue weighted by Crippen LogP contribution is 2.16. The molecule has 0 spiro atoms. The molecule has 0 aliphatic carbocycles. The van der Waals surface area contributed by atoms with Crippen molar-refractivity contribution < 1.29 is 0 Å². The van der Waals surface area contributed by atoms with Crippen molar-refractivity contribution in [3.63, 3.8) is 0 Å². The highest BCUT2D eigenvalue weighted by atomic mass is 15.3. The van der Waals surface area contributed by atoms with Crippen molar-refractivity contribution in [1.29, 1.82) is 0 Å². The Hall–Kier alpha value is -0.120. The number of nitrogens with zero attached hydrogens (tertiary/aromatic N) is 2. The van der Waals surface area contributed by atoms with Crippen molar-refractivity contribution >= 4 is 0 Å². The Kier molecular flexibility index (Phi) is 3.42. The van der Waals surface area contributed by atoms with Gasteiger partial charge in [-0.2, -0.15) is 0 Å². The quantitative estimate of drug-likeness (QED) is 0.655. The Bertz CT molecular complexity index is 175. The molecule has 3 heteroatoms. The molecule has 0 amide bonds. The number of likely N-dealkylation sites (N-methyl/N-ethyl adjacent to an activating group) is 1. The number of piperazine rings is 1. The number of hydrogen-bond acceptors (Lipinski definition) is 3. The van der Waals surface area contributed by atoms with Gasteiger partial charge in [0, 0.05) is 38.3 Å². The first kappa shape index (κ1) is 10.4. The van der Waals surface area contributed by atoms with Crippen molar-refractivity contribution in [3.05, 3.63) is 0 Å². The Morgan fingerprint density at radius 3 is 2.50 bits per heavy atom. The molecule has 0 saturated carbocycles. The molecule has 2 atom stereocenters. The monoisotopic (exact) mass is 197 g/mol. The van der Waals surface area contributed by atoms with Gasteiger partial charge < -0.3 is 10.2 Å². The third-order valence-corrected chi connectivity index (χ3v) is 3.65. The molecule has 0 bridgehead atoms. The lowest BCUT2D eigenvalue weighted by Gasteiger charge is -2.41. The summed E-state index contributed by atoms with van der Waals surface area (Å²) in [4.78, 5) is 5.12. The van der Waals surface area contributed by atoms with Crippen LogP contribution in [-0.4, -0.2) is 61.7 Å². The van der Waals surface area contributed by atoms with E-state index in [1.807, 2.05) is 0 Å². The fraction of sp³-hybridized carbons (Fsp3) is 1.00. The van der Waals surface area contributed by atoms with Crippen LogP contribution < -0.4 is 5.32 Å². The average Bonchev–Trinajstić information content (AvgIpc) is 2.19. The second-order valence-corrected chi connectivity index (χ2v) is 4.87. The van der Waals surface area contributed by atoms with Gasteiger partial charge in [0.1, 0.15) is 0 Å². The maximum atomic E-state index is 3.52. The minimum Gasteiger partial charge on any atom is -0.314 e. The molecule has 2 heterocycles. The summed E-state index contributed by atoms with van der Waals surface area (Å²) >= 11 is 0. The molecule has 82 valence electrons. The summed E-state index contributed by atoms with van der Waals surface area (Å²) < 4.78 is 0. The molecule has 0 aromatic rings. The first-order chi connectivity index (χ1) is 6.75. The second-order valence-electron chi connectivity index (χ2n) is 4.87. The average molecular weight is 197 g/mol. The summed E-state index contributed by atoms with van der Waals surface area (Å²) in [6.07, 6.45) is 2.68. The highest BCUT2D eigenvalue weighted by molar-refractivity contribution is 4.84. The zero-order chi connectivity index (χ0) is 9.97. The minimum absolute atomic E-state index is 0.716. The maximum absolute atomic E-state index is 3.52. The van der Waals surface area contributed by atoms with Crippen LogP contribution in [0.5, 0.6) is 0 Å². The van der Waals surface area contributed by atoms with E-state index in [9.17, 15) is 0 Å². The van der Waals surface area contributed by atoms with Crippen molar-refractivity contribution in [2.45, 2.75) is 31.8 Å². The summed E-state index contributed by atoms with van der Waals surface area (Å²) in [5, 5.41) is 3.52. The van der Waals surface area contributed by atoms with E-state index >= 15 is 0 Å². The SMILES string of the molecule is C[C@H]1CC(N2CCN(C)CC2)CCN1. The van der Waals surface area contributed by atoms with Gasteiger partial charge >= 0.3 is 0 Å². The molecule has 2 saturated heterocycles. The summed E-state index contributed by atoms with van der Waals surface area (Å²) in [5.41, 5.74) is 0. The van der Waals surface area contributed by atoms with E-state index in [0.717, 1.165) is 6.04 Å². The lowest BCUT2D eigenvalue weighted by Crippen LogP contribution is -2.53. The number of rotatable bonds is 1. The zero-order valence-corrected chi connectivity index (χ0v) is 9.50. The van der Waals surface area contributed by atoms with Crippen LogP contribution in [-0.2, 0) is 0 Å². The van der Waals surface area contributed by atoms with Crippen molar-refractivity contribution in [3.8, 4) is 0 Å². The molecular formula is C11H23N3. The molecule has 2 aliphatic rings. The van der Waals surface area contributed by atoms with Crippen LogP contribution in [0, 0.1) is 0 Å². The summed E-state index contributed by atoms with van der Waals surface area (Å²) in [6.45, 7) is 8.55. The fourth-order valence-corrected chi connectivity index (χ4v) is 2.62. The number of hydrogen-bond donors (Lipinski definition) is 1. The van der Waals surface area contributed by atoms with Gasteiger partial charge in [0.25, 0.3) is 0 Å². The predicted octanol–water partition coefficient (Wildman–Crippen LogP) is 0.374. The van der Waals surface area contributed by atoms with Crippen molar-refractivity contribution in [1.82, 2.24) is 15.1 Å². The molecular weight excluding hydrogens is 174 g/mol. The summed E-state index contributed by atoms with van der Waals surface area (Å²) in [6, 6.07) is 1.56. The molecule has 3 nitrogen and oxygen atoms in total. The van der Waals surface area contributed by atoms with Crippen molar-refractivity contribution in [2.24, 2.45) is 0 Å². The molecule has 2 fully saturated rings. The van der Waals surface area contributed by atoms with Crippen LogP contribution in [0.25, 0.3) is 0 Å². The molecule has 0 radical (unpaired) electrons. The lowest BCUT2D eigenvalue weighted by atomic mass is 9.98. The van der Waals surface area contributed by atoms with Crippen molar-refractivity contribution in [2.75, 3.05) is 39.8 Å². The Morgan fingerprint density at radius 2 is 1.86 bits per heavy atom. The topological polar surface area (TPSA) is 18.5 Å². The Balaban J connectivity index is 1.82. The lowest BCUT2D eigenvalue weighted by molar-refractivity contribution is 0.0869. The van der Waals surface area contributed by atoms with Gasteiger partial charge in [0.2, 0.25) is 0 Å². The van der Waals surface area contributed by atoms with Gasteiger partial charge in [-0.3, -0.25) is 4.90 Å². The van der Waals surface area contributed by atoms with Crippen LogP contribution >= 0.6 is 0 Å². The molecule has 2 rings (SSSR count). The van der Waals surface area contributed by atoms with Gasteiger partial charge in [0.15, 0.2) is 0 Å². The van der Waals surface area contributed by atoms with E-state index in [1.165, 1.54) is 45.6 Å². The molecule has 1 unspecified atom stereocenters. The largest absolute Gasteiger partial charge is 0.314 e. The van der Waals surface area contributed by atoms with E-state index in [0.29, 0.717) is 6.04 Å². The second kappa shape index (κ2) is 4.60. The molecule has 0 aromatic carbocycles. The van der Waals surface area contributed by atoms with Gasteiger partial charge in [-0.25, -0.2) is 0 Å². The smallest absolute Gasteiger partial charge is 0.0123 e. The maximum Gasteiger partial charge on any atom is 0.0123 e. The van der Waals surface area contributed by atoms with Gasteiger partial charge in [-0.15, -0.1) is 0 Å². The van der Waals surface area contributed by atoms with Crippen LogP contribution in [0.2, 0.25) is 0 Å². The number of nitrogens with one attached hydrogen (secondary N) is 1. The summed E-state index contributed by atoms with van der Waals surface area (Å²) in [7, 11) is 2.22. The Labute approximate surface area is 87.4 Å². The van der Waals surface area contributed by atoms with Crippen LogP contribution in [0.4, 0.5) is 0 Å². The van der Waals surface area contributed by atoms with Crippen LogP contribution in [0.15, 0.2) is 0 Å². The molecule has 2 aliphatic heterocycles. The Morgan fingerprint density at radius 1 is 1.14 bits per heavy atom. The first-order valence-electron chi connectivity index (χ1n) is 5.91. The van der Waals surface area contributed by atoms with E-state index in [-0.39, 0.29) is 0 Å². The fourth-order valence-electron chi connectivity index (χ4n) is 2.62. The third-order valence-electron chi connectivity index (χ3n) is 3.65. The van der Waals surface area contributed by atoms with Gasteiger partial charge in [-0.05, 0) is 33.4 Å². The highest BCUT2D eigenvalue weighted by Gasteiger charge is 2.26. The molecule has 1 N–H and O–H groups in total. The number of piperidine rings is 1. The van der Waals surface area contributed by atoms with E-state index in [1.54, 1.807) is 0 Å². The standard InChI is InChI=1S/C11H23N3/c1-10-9-11(3-4-12-10)14-7-5-13(2)6-8-14/h10-12H,3-9H2,1-2H3/t10-,11?/m0/s1. The van der Waals surface area contributed by atoms with Crippen LogP contribution in [0.1, 0.15) is 19.8 Å². The van der Waals surface area contributed by atoms with E-state index in [4.69, 9.17) is 0 Å². The summed E-state index contributed by atoms with van der Waals surface area (Å²) in [5.74, 6) is 0. The van der Waals surface area contributed by atoms with Gasteiger partial charge in [-0.1, -0.05) is 0 Å². The van der Waals surface area contributed by atoms with Crippen LogP contribution in [0.3, 0.4) is 0 Å². The van der Waals surface area contributed by atoms with E-state index < -0.39 is 0 Å². The molecule has 14 heavy (non-hydrogen) atoms. The normalized spacial score (nSPS) is 37.3. The van der Waals surface area contributed by atoms with E-state index in [2.05, 4.69) is 29.1 Å². The van der Waals surface area contributed by atoms with Gasteiger partial charge in [0.05, 0.1) is 0 Å².